The summed E-state index contributed by atoms with van der Waals surface area (Å²) in [5, 5.41) is 15.9. The van der Waals surface area contributed by atoms with Gasteiger partial charge in [0.15, 0.2) is 5.82 Å². The molecule has 0 aromatic carbocycles. The first-order chi connectivity index (χ1) is 8.74. The smallest absolute Gasteiger partial charge is 0.175 e. The van der Waals surface area contributed by atoms with E-state index in [2.05, 4.69) is 34.5 Å². The highest BCUT2D eigenvalue weighted by Crippen LogP contribution is 2.16. The average Bonchev–Trinajstić information content (AvgIpc) is 2.68. The van der Waals surface area contributed by atoms with Crippen molar-refractivity contribution in [3.8, 4) is 5.82 Å². The van der Waals surface area contributed by atoms with Crippen LogP contribution in [0.4, 0.5) is 0 Å². The Morgan fingerprint density at radius 2 is 2.17 bits per heavy atom. The first-order valence-electron chi connectivity index (χ1n) is 6.28. The standard InChI is InChI=1S/C13H19N5/c1-4-14-9-7-12-10(2)17-18(11(12)3)13-6-5-8-15-16-13/h5-6,8,14H,4,7,9H2,1-3H3. The largest absolute Gasteiger partial charge is 0.317 e. The van der Waals surface area contributed by atoms with Gasteiger partial charge >= 0.3 is 0 Å². The van der Waals surface area contributed by atoms with E-state index in [1.165, 1.54) is 5.56 Å². The number of nitrogens with zero attached hydrogens (tertiary/aromatic N) is 4. The van der Waals surface area contributed by atoms with Crippen LogP contribution in [-0.4, -0.2) is 33.1 Å². The summed E-state index contributed by atoms with van der Waals surface area (Å²) in [6.07, 6.45) is 2.66. The molecule has 0 radical (unpaired) electrons. The summed E-state index contributed by atoms with van der Waals surface area (Å²) in [7, 11) is 0. The maximum absolute atomic E-state index is 4.55. The van der Waals surface area contributed by atoms with E-state index in [0.29, 0.717) is 0 Å². The van der Waals surface area contributed by atoms with Gasteiger partial charge in [-0.1, -0.05) is 6.92 Å². The lowest BCUT2D eigenvalue weighted by atomic mass is 10.1. The second kappa shape index (κ2) is 5.73. The van der Waals surface area contributed by atoms with Gasteiger partial charge in [0.05, 0.1) is 5.69 Å². The molecule has 0 bridgehead atoms. The van der Waals surface area contributed by atoms with E-state index in [-0.39, 0.29) is 0 Å². The Balaban J connectivity index is 2.26. The zero-order chi connectivity index (χ0) is 13.0. The fraction of sp³-hybridized carbons (Fsp3) is 0.462. The molecule has 2 aromatic rings. The Bertz CT molecular complexity index is 504. The van der Waals surface area contributed by atoms with Crippen molar-refractivity contribution in [2.75, 3.05) is 13.1 Å². The molecule has 0 spiro atoms. The zero-order valence-electron chi connectivity index (χ0n) is 11.1. The lowest BCUT2D eigenvalue weighted by Crippen LogP contribution is -2.16. The van der Waals surface area contributed by atoms with Crippen molar-refractivity contribution < 1.29 is 0 Å². The Morgan fingerprint density at radius 1 is 1.33 bits per heavy atom. The van der Waals surface area contributed by atoms with Gasteiger partial charge in [-0.15, -0.1) is 5.10 Å². The highest BCUT2D eigenvalue weighted by Gasteiger charge is 2.12. The number of hydrogen-bond donors (Lipinski definition) is 1. The normalized spacial score (nSPS) is 10.8. The van der Waals surface area contributed by atoms with Gasteiger partial charge in [-0.05, 0) is 51.1 Å². The molecule has 0 aliphatic rings. The highest BCUT2D eigenvalue weighted by molar-refractivity contribution is 5.31. The molecule has 0 atom stereocenters. The van der Waals surface area contributed by atoms with E-state index < -0.39 is 0 Å². The summed E-state index contributed by atoms with van der Waals surface area (Å²) in [6, 6.07) is 3.79. The third-order valence-electron chi connectivity index (χ3n) is 3.02. The molecule has 0 fully saturated rings. The Labute approximate surface area is 107 Å². The SMILES string of the molecule is CCNCCc1c(C)nn(-c2cccnn2)c1C. The van der Waals surface area contributed by atoms with Crippen LogP contribution in [0.2, 0.25) is 0 Å². The van der Waals surface area contributed by atoms with E-state index in [1.54, 1.807) is 6.20 Å². The Hall–Kier alpha value is -1.75. The minimum atomic E-state index is 0.771. The molecular weight excluding hydrogens is 226 g/mol. The van der Waals surface area contributed by atoms with Gasteiger partial charge in [-0.25, -0.2) is 4.68 Å². The van der Waals surface area contributed by atoms with E-state index in [9.17, 15) is 0 Å². The number of hydrogen-bond acceptors (Lipinski definition) is 4. The van der Waals surface area contributed by atoms with Crippen molar-refractivity contribution >= 4 is 0 Å². The second-order valence-electron chi connectivity index (χ2n) is 4.25. The van der Waals surface area contributed by atoms with Gasteiger partial charge in [0.1, 0.15) is 0 Å². The van der Waals surface area contributed by atoms with Gasteiger partial charge in [0, 0.05) is 11.9 Å². The molecule has 18 heavy (non-hydrogen) atoms. The van der Waals surface area contributed by atoms with Crippen molar-refractivity contribution in [1.29, 1.82) is 0 Å². The Kier molecular flexibility index (Phi) is 4.04. The van der Waals surface area contributed by atoms with Gasteiger partial charge in [0.2, 0.25) is 0 Å². The molecule has 0 saturated carbocycles. The van der Waals surface area contributed by atoms with Crippen LogP contribution in [0.25, 0.3) is 5.82 Å². The molecule has 0 aliphatic heterocycles. The number of aryl methyl sites for hydroxylation is 1. The van der Waals surface area contributed by atoms with E-state index in [4.69, 9.17) is 0 Å². The first kappa shape index (κ1) is 12.7. The molecule has 0 amide bonds. The summed E-state index contributed by atoms with van der Waals surface area (Å²) in [5.74, 6) is 0.771. The summed E-state index contributed by atoms with van der Waals surface area (Å²) in [6.45, 7) is 8.21. The van der Waals surface area contributed by atoms with E-state index in [0.717, 1.165) is 36.7 Å². The minimum absolute atomic E-state index is 0.771. The van der Waals surface area contributed by atoms with Gasteiger partial charge in [-0.2, -0.15) is 10.2 Å². The van der Waals surface area contributed by atoms with Crippen LogP contribution in [0.15, 0.2) is 18.3 Å². The zero-order valence-corrected chi connectivity index (χ0v) is 11.1. The summed E-state index contributed by atoms with van der Waals surface area (Å²) in [4.78, 5) is 0. The van der Waals surface area contributed by atoms with Crippen LogP contribution >= 0.6 is 0 Å². The van der Waals surface area contributed by atoms with Crippen molar-refractivity contribution in [2.45, 2.75) is 27.2 Å². The molecule has 5 nitrogen and oxygen atoms in total. The number of aromatic nitrogens is 4. The fourth-order valence-electron chi connectivity index (χ4n) is 2.06. The van der Waals surface area contributed by atoms with E-state index >= 15 is 0 Å². The molecule has 2 rings (SSSR count). The fourth-order valence-corrected chi connectivity index (χ4v) is 2.06. The maximum atomic E-state index is 4.55. The number of likely N-dealkylation sites (N-methyl/N-ethyl adjacent to an activating group) is 1. The third-order valence-corrected chi connectivity index (χ3v) is 3.02. The monoisotopic (exact) mass is 245 g/mol. The van der Waals surface area contributed by atoms with Crippen LogP contribution < -0.4 is 5.32 Å². The topological polar surface area (TPSA) is 55.6 Å². The molecular formula is C13H19N5. The summed E-state index contributed by atoms with van der Waals surface area (Å²) >= 11 is 0. The minimum Gasteiger partial charge on any atom is -0.317 e. The van der Waals surface area contributed by atoms with Crippen LogP contribution in [0.1, 0.15) is 23.9 Å². The number of rotatable bonds is 5. The third kappa shape index (κ3) is 2.56. The maximum Gasteiger partial charge on any atom is 0.175 e. The first-order valence-corrected chi connectivity index (χ1v) is 6.28. The molecule has 0 aliphatic carbocycles. The predicted octanol–water partition coefficient (Wildman–Crippen LogP) is 1.43. The van der Waals surface area contributed by atoms with Crippen molar-refractivity contribution in [3.63, 3.8) is 0 Å². The highest BCUT2D eigenvalue weighted by atomic mass is 15.3. The molecule has 2 aromatic heterocycles. The van der Waals surface area contributed by atoms with Gasteiger partial charge in [0.25, 0.3) is 0 Å². The van der Waals surface area contributed by atoms with Crippen molar-refractivity contribution in [2.24, 2.45) is 0 Å². The molecule has 0 saturated heterocycles. The lowest BCUT2D eigenvalue weighted by molar-refractivity contribution is 0.712. The van der Waals surface area contributed by atoms with Crippen molar-refractivity contribution in [1.82, 2.24) is 25.3 Å². The molecule has 1 N–H and O–H groups in total. The van der Waals surface area contributed by atoms with E-state index in [1.807, 2.05) is 23.7 Å². The van der Waals surface area contributed by atoms with Gasteiger partial charge in [-0.3, -0.25) is 0 Å². The molecule has 96 valence electrons. The average molecular weight is 245 g/mol. The Morgan fingerprint density at radius 3 is 2.83 bits per heavy atom. The quantitative estimate of drug-likeness (QED) is 0.810. The summed E-state index contributed by atoms with van der Waals surface area (Å²) in [5.41, 5.74) is 3.50. The van der Waals surface area contributed by atoms with Gasteiger partial charge < -0.3 is 5.32 Å². The van der Waals surface area contributed by atoms with Crippen LogP contribution in [0.5, 0.6) is 0 Å². The predicted molar refractivity (Wildman–Crippen MR) is 70.9 cm³/mol. The molecule has 2 heterocycles. The van der Waals surface area contributed by atoms with Crippen LogP contribution in [-0.2, 0) is 6.42 Å². The van der Waals surface area contributed by atoms with Crippen molar-refractivity contribution in [3.05, 3.63) is 35.3 Å². The molecule has 5 heteroatoms. The van der Waals surface area contributed by atoms with Crippen LogP contribution in [0.3, 0.4) is 0 Å². The van der Waals surface area contributed by atoms with Crippen LogP contribution in [0, 0.1) is 13.8 Å². The molecule has 0 unspecified atom stereocenters. The summed E-state index contributed by atoms with van der Waals surface area (Å²) < 4.78 is 1.86. The second-order valence-corrected chi connectivity index (χ2v) is 4.25. The lowest BCUT2D eigenvalue weighted by Gasteiger charge is -2.04. The number of nitrogens with one attached hydrogen (secondary N) is 1.